The Hall–Kier alpha value is -2.67. The molecule has 2 aliphatic rings. The number of nitrogens with zero attached hydrogens (tertiary/aromatic N) is 2. The second-order valence-electron chi connectivity index (χ2n) is 11.3. The number of ether oxygens (including phenoxy) is 1. The second-order valence-corrected chi connectivity index (χ2v) is 11.3. The first-order chi connectivity index (χ1) is 18.5. The van der Waals surface area contributed by atoms with Gasteiger partial charge in [0.1, 0.15) is 11.3 Å². The maximum absolute atomic E-state index is 12.9. The van der Waals surface area contributed by atoms with Crippen molar-refractivity contribution in [1.29, 1.82) is 0 Å². The van der Waals surface area contributed by atoms with E-state index in [1.807, 2.05) is 50.2 Å². The van der Waals surface area contributed by atoms with E-state index >= 15 is 0 Å². The molecule has 0 aliphatic carbocycles. The first kappa shape index (κ1) is 26.9. The summed E-state index contributed by atoms with van der Waals surface area (Å²) < 4.78 is 11.2. The van der Waals surface area contributed by atoms with Crippen LogP contribution in [0.25, 0.3) is 11.0 Å². The van der Waals surface area contributed by atoms with Crippen LogP contribution in [0.3, 0.4) is 0 Å². The highest BCUT2D eigenvalue weighted by Gasteiger charge is 2.34. The van der Waals surface area contributed by atoms with Gasteiger partial charge in [-0.05, 0) is 81.3 Å². The predicted molar refractivity (Wildman–Crippen MR) is 152 cm³/mol. The third-order valence-corrected chi connectivity index (χ3v) is 8.81. The zero-order chi connectivity index (χ0) is 26.6. The molecule has 2 fully saturated rings. The normalized spacial score (nSPS) is 20.2. The molecule has 0 bridgehead atoms. The van der Waals surface area contributed by atoms with Crippen LogP contribution < -0.4 is 5.63 Å². The Balaban J connectivity index is 1.46. The van der Waals surface area contributed by atoms with Gasteiger partial charge in [0, 0.05) is 50.3 Å². The molecule has 2 unspecified atom stereocenters. The van der Waals surface area contributed by atoms with E-state index in [9.17, 15) is 9.90 Å². The summed E-state index contributed by atoms with van der Waals surface area (Å²) in [6.07, 6.45) is 6.96. The second kappa shape index (κ2) is 12.0. The lowest BCUT2D eigenvalue weighted by Gasteiger charge is -2.45. The summed E-state index contributed by atoms with van der Waals surface area (Å²) in [6, 6.07) is 12.5. The number of methoxy groups -OCH3 is 1. The van der Waals surface area contributed by atoms with E-state index in [1.165, 1.54) is 45.2 Å². The van der Waals surface area contributed by atoms with Crippen LogP contribution in [-0.2, 0) is 17.7 Å². The van der Waals surface area contributed by atoms with Crippen molar-refractivity contribution in [3.63, 3.8) is 0 Å². The van der Waals surface area contributed by atoms with E-state index in [0.717, 1.165) is 35.3 Å². The topological polar surface area (TPSA) is 66.1 Å². The minimum absolute atomic E-state index is 0.237. The number of benzene rings is 2. The quantitative estimate of drug-likeness (QED) is 0.382. The summed E-state index contributed by atoms with van der Waals surface area (Å²) in [5.74, 6) is 0.877. The van der Waals surface area contributed by atoms with Crippen LogP contribution >= 0.6 is 0 Å². The molecule has 2 saturated heterocycles. The Morgan fingerprint density at radius 2 is 1.87 bits per heavy atom. The van der Waals surface area contributed by atoms with Gasteiger partial charge >= 0.3 is 5.63 Å². The summed E-state index contributed by atoms with van der Waals surface area (Å²) in [5, 5.41) is 12.3. The number of phenolic OH excluding ortho intramolecular Hbond substituents is 1. The van der Waals surface area contributed by atoms with Gasteiger partial charge in [0.15, 0.2) is 0 Å². The van der Waals surface area contributed by atoms with Crippen LogP contribution in [0.5, 0.6) is 5.75 Å². The van der Waals surface area contributed by atoms with Gasteiger partial charge in [-0.15, -0.1) is 0 Å². The molecule has 0 radical (unpaired) electrons. The van der Waals surface area contributed by atoms with Crippen molar-refractivity contribution in [1.82, 2.24) is 9.80 Å². The van der Waals surface area contributed by atoms with Gasteiger partial charge in [-0.3, -0.25) is 4.90 Å². The van der Waals surface area contributed by atoms with Crippen molar-refractivity contribution in [2.45, 2.75) is 65.0 Å². The molecule has 6 nitrogen and oxygen atoms in total. The Bertz CT molecular complexity index is 1300. The molecule has 1 aromatic heterocycles. The molecule has 2 aromatic carbocycles. The van der Waals surface area contributed by atoms with E-state index in [-0.39, 0.29) is 11.4 Å². The van der Waals surface area contributed by atoms with E-state index in [0.29, 0.717) is 48.1 Å². The van der Waals surface area contributed by atoms with E-state index in [2.05, 4.69) is 9.80 Å². The smallest absolute Gasteiger partial charge is 0.340 e. The minimum Gasteiger partial charge on any atom is -0.507 e. The molecule has 5 rings (SSSR count). The molecule has 2 aliphatic heterocycles. The third kappa shape index (κ3) is 5.68. The van der Waals surface area contributed by atoms with Crippen molar-refractivity contribution < 1.29 is 14.3 Å². The van der Waals surface area contributed by atoms with Crippen LogP contribution in [0.4, 0.5) is 0 Å². The summed E-state index contributed by atoms with van der Waals surface area (Å²) >= 11 is 0. The lowest BCUT2D eigenvalue weighted by atomic mass is 9.83. The fourth-order valence-electron chi connectivity index (χ4n) is 6.72. The molecular formula is C32H42N2O4. The van der Waals surface area contributed by atoms with Crippen LogP contribution in [0.2, 0.25) is 0 Å². The first-order valence-corrected chi connectivity index (χ1v) is 14.2. The Morgan fingerprint density at radius 1 is 1.08 bits per heavy atom. The highest BCUT2D eigenvalue weighted by molar-refractivity contribution is 5.89. The highest BCUT2D eigenvalue weighted by Crippen LogP contribution is 2.37. The Labute approximate surface area is 226 Å². The first-order valence-electron chi connectivity index (χ1n) is 14.2. The van der Waals surface area contributed by atoms with Crippen molar-refractivity contribution in [3.05, 3.63) is 74.6 Å². The zero-order valence-corrected chi connectivity index (χ0v) is 23.2. The fraction of sp³-hybridized carbons (Fsp3) is 0.531. The molecular weight excluding hydrogens is 476 g/mol. The number of hydrogen-bond acceptors (Lipinski definition) is 6. The van der Waals surface area contributed by atoms with Crippen LogP contribution in [0.15, 0.2) is 45.6 Å². The van der Waals surface area contributed by atoms with E-state index < -0.39 is 0 Å². The number of hydrogen-bond donors (Lipinski definition) is 1. The third-order valence-electron chi connectivity index (χ3n) is 8.81. The predicted octanol–water partition coefficient (Wildman–Crippen LogP) is 5.42. The van der Waals surface area contributed by atoms with Gasteiger partial charge in [0.2, 0.25) is 0 Å². The van der Waals surface area contributed by atoms with Gasteiger partial charge in [0.25, 0.3) is 0 Å². The molecule has 38 heavy (non-hydrogen) atoms. The number of aromatic hydroxyl groups is 1. The Morgan fingerprint density at radius 3 is 2.66 bits per heavy atom. The van der Waals surface area contributed by atoms with Crippen LogP contribution in [0.1, 0.15) is 59.9 Å². The minimum atomic E-state index is -0.332. The molecule has 3 heterocycles. The van der Waals surface area contributed by atoms with Crippen molar-refractivity contribution in [3.8, 4) is 5.75 Å². The molecule has 6 heteroatoms. The van der Waals surface area contributed by atoms with Gasteiger partial charge < -0.3 is 19.2 Å². The highest BCUT2D eigenvalue weighted by atomic mass is 16.5. The van der Waals surface area contributed by atoms with Gasteiger partial charge in [-0.25, -0.2) is 4.79 Å². The van der Waals surface area contributed by atoms with Gasteiger partial charge in [-0.1, -0.05) is 36.8 Å². The summed E-state index contributed by atoms with van der Waals surface area (Å²) in [4.78, 5) is 18.1. The molecule has 2 atom stereocenters. The number of aryl methyl sites for hydroxylation is 2. The maximum atomic E-state index is 12.9. The van der Waals surface area contributed by atoms with E-state index in [1.54, 1.807) is 7.11 Å². The molecule has 3 aromatic rings. The Kier molecular flexibility index (Phi) is 8.51. The number of piperidine rings is 2. The average molecular weight is 519 g/mol. The largest absolute Gasteiger partial charge is 0.507 e. The molecule has 0 saturated carbocycles. The standard InChI is InChI=1S/C32H42N2O4/c1-22-18-29-30(23(2)26(32(36)38-29)19-24-10-5-4-6-11-24)31(35)27(22)21-33(16-17-37-3)20-25-12-9-15-34-14-8-7-13-28(25)34/h4-6,10-11,18,25,28,35H,7-9,12-17,19-21H2,1-3H3. The maximum Gasteiger partial charge on any atom is 0.340 e. The van der Waals surface area contributed by atoms with E-state index in [4.69, 9.17) is 9.15 Å². The molecule has 0 spiro atoms. The lowest BCUT2D eigenvalue weighted by Crippen LogP contribution is -2.51. The van der Waals surface area contributed by atoms with Crippen LogP contribution in [-0.4, -0.2) is 60.8 Å². The lowest BCUT2D eigenvalue weighted by molar-refractivity contribution is 0.0335. The van der Waals surface area contributed by atoms with Crippen molar-refractivity contribution in [2.75, 3.05) is 39.9 Å². The summed E-state index contributed by atoms with van der Waals surface area (Å²) in [6.45, 7) is 9.52. The molecule has 1 N–H and O–H groups in total. The summed E-state index contributed by atoms with van der Waals surface area (Å²) in [5.41, 5.74) is 4.42. The number of fused-ring (bicyclic) bond motifs is 2. The number of rotatable bonds is 9. The monoisotopic (exact) mass is 518 g/mol. The van der Waals surface area contributed by atoms with Gasteiger partial charge in [-0.2, -0.15) is 0 Å². The molecule has 204 valence electrons. The molecule has 0 amide bonds. The van der Waals surface area contributed by atoms with Crippen LogP contribution in [0, 0.1) is 19.8 Å². The fourth-order valence-corrected chi connectivity index (χ4v) is 6.72. The zero-order valence-electron chi connectivity index (χ0n) is 23.2. The van der Waals surface area contributed by atoms with Gasteiger partial charge in [0.05, 0.1) is 12.0 Å². The van der Waals surface area contributed by atoms with Crippen molar-refractivity contribution in [2.24, 2.45) is 5.92 Å². The average Bonchev–Trinajstić information content (AvgIpc) is 2.92. The SMILES string of the molecule is COCCN(Cc1c(C)cc2oc(=O)c(Cc3ccccc3)c(C)c2c1O)CC1CCCN2CCCCC12. The summed E-state index contributed by atoms with van der Waals surface area (Å²) in [7, 11) is 1.75. The van der Waals surface area contributed by atoms with Crippen molar-refractivity contribution >= 4 is 11.0 Å². The number of phenols is 1.